The number of nitrogen functional groups attached to an aromatic ring is 1. The van der Waals surface area contributed by atoms with Gasteiger partial charge >= 0.3 is 0 Å². The van der Waals surface area contributed by atoms with Crippen molar-refractivity contribution in [1.82, 2.24) is 5.32 Å². The minimum Gasteiger partial charge on any atom is -0.398 e. The lowest BCUT2D eigenvalue weighted by atomic mass is 9.92. The molecule has 3 nitrogen and oxygen atoms in total. The normalized spacial score (nSPS) is 15.4. The minimum atomic E-state index is 0.654. The van der Waals surface area contributed by atoms with Crippen LogP contribution < -0.4 is 16.0 Å². The Morgan fingerprint density at radius 1 is 1.16 bits per heavy atom. The van der Waals surface area contributed by atoms with E-state index in [2.05, 4.69) is 36.9 Å². The predicted molar refractivity (Wildman–Crippen MR) is 82.7 cm³/mol. The number of hydrogen-bond acceptors (Lipinski definition) is 3. The van der Waals surface area contributed by atoms with Crippen molar-refractivity contribution < 1.29 is 0 Å². The highest BCUT2D eigenvalue weighted by atomic mass is 15.2. The first kappa shape index (κ1) is 13.8. The summed E-state index contributed by atoms with van der Waals surface area (Å²) in [5.74, 6) is 2.76. The van der Waals surface area contributed by atoms with Crippen molar-refractivity contribution in [3.05, 3.63) is 22.3 Å². The second-order valence-electron chi connectivity index (χ2n) is 5.23. The maximum absolute atomic E-state index is 6.28. The number of piperazine rings is 1. The number of nitrogens with zero attached hydrogens (tertiary/aromatic N) is 1. The molecule has 0 bridgehead atoms. The van der Waals surface area contributed by atoms with Gasteiger partial charge in [0.25, 0.3) is 0 Å². The number of rotatable bonds is 2. The highest BCUT2D eigenvalue weighted by Crippen LogP contribution is 2.35. The first-order chi connectivity index (χ1) is 9.07. The number of benzene rings is 1. The monoisotopic (exact) mass is 257 g/mol. The Morgan fingerprint density at radius 2 is 1.79 bits per heavy atom. The van der Waals surface area contributed by atoms with Crippen LogP contribution in [0.4, 0.5) is 11.4 Å². The van der Waals surface area contributed by atoms with E-state index in [1.54, 1.807) is 0 Å². The highest BCUT2D eigenvalue weighted by Gasteiger charge is 2.20. The Balaban J connectivity index is 2.56. The van der Waals surface area contributed by atoms with E-state index in [4.69, 9.17) is 12.2 Å². The van der Waals surface area contributed by atoms with Crippen LogP contribution in [-0.4, -0.2) is 26.2 Å². The van der Waals surface area contributed by atoms with Gasteiger partial charge < -0.3 is 16.0 Å². The summed E-state index contributed by atoms with van der Waals surface area (Å²) in [6.07, 6.45) is 6.15. The van der Waals surface area contributed by atoms with Crippen LogP contribution in [0.3, 0.4) is 0 Å². The molecule has 1 aromatic rings. The van der Waals surface area contributed by atoms with Gasteiger partial charge in [-0.2, -0.15) is 0 Å². The molecule has 2 rings (SSSR count). The average Bonchev–Trinajstić information content (AvgIpc) is 2.43. The van der Waals surface area contributed by atoms with Crippen LogP contribution in [0.15, 0.2) is 0 Å². The first-order valence-corrected chi connectivity index (χ1v) is 6.85. The molecule has 3 N–H and O–H groups in total. The second kappa shape index (κ2) is 5.54. The zero-order valence-electron chi connectivity index (χ0n) is 12.1. The second-order valence-corrected chi connectivity index (χ2v) is 5.23. The first-order valence-electron chi connectivity index (χ1n) is 6.85. The maximum atomic E-state index is 6.28. The smallest absolute Gasteiger partial charge is 0.0450 e. The Morgan fingerprint density at radius 3 is 2.37 bits per heavy atom. The van der Waals surface area contributed by atoms with Gasteiger partial charge in [0.15, 0.2) is 0 Å². The van der Waals surface area contributed by atoms with Gasteiger partial charge in [-0.05, 0) is 43.0 Å². The Labute approximate surface area is 116 Å². The van der Waals surface area contributed by atoms with Gasteiger partial charge in [0.2, 0.25) is 0 Å². The molecule has 0 aliphatic carbocycles. The van der Waals surface area contributed by atoms with E-state index in [0.717, 1.165) is 37.4 Å². The summed E-state index contributed by atoms with van der Waals surface area (Å²) < 4.78 is 0. The van der Waals surface area contributed by atoms with Crippen LogP contribution in [0, 0.1) is 33.1 Å². The number of hydrogen-bond donors (Lipinski definition) is 2. The van der Waals surface area contributed by atoms with Crippen molar-refractivity contribution in [2.45, 2.75) is 27.2 Å². The molecule has 1 saturated heterocycles. The van der Waals surface area contributed by atoms with Gasteiger partial charge in [0, 0.05) is 44.0 Å². The molecular weight excluding hydrogens is 234 g/mol. The van der Waals surface area contributed by atoms with Gasteiger partial charge in [-0.3, -0.25) is 0 Å². The Hall–Kier alpha value is -1.66. The molecule has 0 radical (unpaired) electrons. The molecule has 0 spiro atoms. The largest absolute Gasteiger partial charge is 0.398 e. The molecule has 0 saturated carbocycles. The molecule has 1 aromatic carbocycles. The topological polar surface area (TPSA) is 41.3 Å². The number of nitrogens with one attached hydrogen (secondary N) is 1. The molecule has 3 heteroatoms. The van der Waals surface area contributed by atoms with Crippen LogP contribution in [0.2, 0.25) is 0 Å². The molecule has 1 heterocycles. The van der Waals surface area contributed by atoms with Crippen LogP contribution in [0.25, 0.3) is 0 Å². The van der Waals surface area contributed by atoms with Gasteiger partial charge in [-0.25, -0.2) is 0 Å². The average molecular weight is 257 g/mol. The van der Waals surface area contributed by atoms with E-state index in [0.29, 0.717) is 6.42 Å². The van der Waals surface area contributed by atoms with E-state index in [-0.39, 0.29) is 0 Å². The molecule has 1 aliphatic heterocycles. The van der Waals surface area contributed by atoms with Crippen molar-refractivity contribution >= 4 is 11.4 Å². The zero-order valence-corrected chi connectivity index (χ0v) is 12.1. The van der Waals surface area contributed by atoms with E-state index in [9.17, 15) is 0 Å². The number of nitrogens with two attached hydrogens (primary N) is 1. The SMILES string of the molecule is C#CCc1c(C)c(N)c(C)c(N2CCNCC2)c1C. The van der Waals surface area contributed by atoms with Crippen molar-refractivity contribution in [2.75, 3.05) is 36.8 Å². The van der Waals surface area contributed by atoms with Crippen molar-refractivity contribution in [3.63, 3.8) is 0 Å². The molecule has 0 amide bonds. The zero-order chi connectivity index (χ0) is 14.0. The quantitative estimate of drug-likeness (QED) is 0.627. The Kier molecular flexibility index (Phi) is 4.01. The van der Waals surface area contributed by atoms with Crippen molar-refractivity contribution in [1.29, 1.82) is 0 Å². The molecule has 1 fully saturated rings. The molecule has 102 valence electrons. The standard InChI is InChI=1S/C16H23N3/c1-5-6-14-11(2)15(17)13(4)16(12(14)3)19-9-7-18-8-10-19/h1,18H,6-10,17H2,2-4H3. The van der Waals surface area contributed by atoms with E-state index in [1.165, 1.54) is 22.4 Å². The third-order valence-electron chi connectivity index (χ3n) is 4.14. The summed E-state index contributed by atoms with van der Waals surface area (Å²) >= 11 is 0. The van der Waals surface area contributed by atoms with Crippen molar-refractivity contribution in [2.24, 2.45) is 0 Å². The summed E-state index contributed by atoms with van der Waals surface area (Å²) in [5, 5.41) is 3.38. The lowest BCUT2D eigenvalue weighted by Crippen LogP contribution is -2.44. The lowest BCUT2D eigenvalue weighted by Gasteiger charge is -2.34. The van der Waals surface area contributed by atoms with Gasteiger partial charge in [0.1, 0.15) is 0 Å². The summed E-state index contributed by atoms with van der Waals surface area (Å²) in [6, 6.07) is 0. The summed E-state index contributed by atoms with van der Waals surface area (Å²) in [4.78, 5) is 2.43. The fourth-order valence-electron chi connectivity index (χ4n) is 3.01. The molecule has 0 unspecified atom stereocenters. The molecule has 1 aliphatic rings. The van der Waals surface area contributed by atoms with Crippen LogP contribution in [0.5, 0.6) is 0 Å². The van der Waals surface area contributed by atoms with Crippen LogP contribution in [-0.2, 0) is 6.42 Å². The molecule has 19 heavy (non-hydrogen) atoms. The summed E-state index contributed by atoms with van der Waals surface area (Å²) in [7, 11) is 0. The molecule has 0 aromatic heterocycles. The van der Waals surface area contributed by atoms with E-state index >= 15 is 0 Å². The van der Waals surface area contributed by atoms with Crippen LogP contribution >= 0.6 is 0 Å². The van der Waals surface area contributed by atoms with E-state index < -0.39 is 0 Å². The third-order valence-corrected chi connectivity index (χ3v) is 4.14. The number of terminal acetylenes is 1. The van der Waals surface area contributed by atoms with Crippen LogP contribution in [0.1, 0.15) is 22.3 Å². The van der Waals surface area contributed by atoms with Crippen molar-refractivity contribution in [3.8, 4) is 12.3 Å². The lowest BCUT2D eigenvalue weighted by molar-refractivity contribution is 0.587. The molecular formula is C16H23N3. The summed E-state index contributed by atoms with van der Waals surface area (Å²) in [5.41, 5.74) is 13.3. The van der Waals surface area contributed by atoms with E-state index in [1.807, 2.05) is 0 Å². The third kappa shape index (κ3) is 2.41. The minimum absolute atomic E-state index is 0.654. The molecule has 0 atom stereocenters. The highest BCUT2D eigenvalue weighted by molar-refractivity contribution is 5.74. The maximum Gasteiger partial charge on any atom is 0.0450 e. The number of anilines is 2. The van der Waals surface area contributed by atoms with Gasteiger partial charge in [-0.15, -0.1) is 12.3 Å². The Bertz CT molecular complexity index is 520. The fourth-order valence-corrected chi connectivity index (χ4v) is 3.01. The van der Waals surface area contributed by atoms with Gasteiger partial charge in [0.05, 0.1) is 0 Å². The fraction of sp³-hybridized carbons (Fsp3) is 0.500. The van der Waals surface area contributed by atoms with Gasteiger partial charge in [-0.1, -0.05) is 0 Å². The predicted octanol–water partition coefficient (Wildman–Crippen LogP) is 1.78. The summed E-state index contributed by atoms with van der Waals surface area (Å²) in [6.45, 7) is 10.5.